The molecule has 6 heteroatoms. The lowest BCUT2D eigenvalue weighted by Gasteiger charge is -2.11. The second-order valence-corrected chi connectivity index (χ2v) is 5.79. The van der Waals surface area contributed by atoms with Crippen molar-refractivity contribution in [3.05, 3.63) is 27.1 Å². The second kappa shape index (κ2) is 5.13. The van der Waals surface area contributed by atoms with Gasteiger partial charge in [0, 0.05) is 11.9 Å². The number of carbonyl (C=O) groups is 1. The van der Waals surface area contributed by atoms with Crippen molar-refractivity contribution in [1.82, 2.24) is 9.55 Å². The van der Waals surface area contributed by atoms with E-state index in [0.717, 1.165) is 6.42 Å². The minimum absolute atomic E-state index is 0.0517. The van der Waals surface area contributed by atoms with Crippen LogP contribution in [0.15, 0.2) is 10.2 Å². The molecule has 0 spiro atoms. The van der Waals surface area contributed by atoms with E-state index in [1.807, 2.05) is 0 Å². The fourth-order valence-corrected chi connectivity index (χ4v) is 2.88. The molecule has 0 saturated carbocycles. The predicted octanol–water partition coefficient (Wildman–Crippen LogP) is 2.51. The summed E-state index contributed by atoms with van der Waals surface area (Å²) in [7, 11) is 0. The third-order valence-electron chi connectivity index (χ3n) is 3.05. The topological polar surface area (TPSA) is 72.2 Å². The maximum absolute atomic E-state index is 12.4. The minimum atomic E-state index is -1.08. The van der Waals surface area contributed by atoms with Crippen molar-refractivity contribution in [2.24, 2.45) is 5.92 Å². The molecule has 2 aromatic heterocycles. The smallest absolute Gasteiger partial charge is 0.337 e. The molecule has 0 aliphatic carbocycles. The lowest BCUT2D eigenvalue weighted by atomic mass is 10.1. The van der Waals surface area contributed by atoms with Crippen molar-refractivity contribution in [2.45, 2.75) is 33.7 Å². The number of fused-ring (bicyclic) bond motifs is 1. The summed E-state index contributed by atoms with van der Waals surface area (Å²) in [6.45, 7) is 6.51. The highest BCUT2D eigenvalue weighted by molar-refractivity contribution is 7.17. The Morgan fingerprint density at radius 1 is 1.53 bits per heavy atom. The largest absolute Gasteiger partial charge is 0.478 e. The van der Waals surface area contributed by atoms with Crippen molar-refractivity contribution in [2.75, 3.05) is 0 Å². The van der Waals surface area contributed by atoms with Crippen LogP contribution in [-0.4, -0.2) is 20.6 Å². The van der Waals surface area contributed by atoms with Crippen LogP contribution >= 0.6 is 11.3 Å². The highest BCUT2D eigenvalue weighted by Gasteiger charge is 2.18. The molecular formula is C13H16N2O3S. The summed E-state index contributed by atoms with van der Waals surface area (Å²) in [5.41, 5.74) is -0.197. The lowest BCUT2D eigenvalue weighted by Crippen LogP contribution is -2.25. The number of nitrogens with zero attached hydrogens (tertiary/aromatic N) is 2. The van der Waals surface area contributed by atoms with Crippen LogP contribution in [0, 0.1) is 12.8 Å². The first-order chi connectivity index (χ1) is 8.91. The molecule has 19 heavy (non-hydrogen) atoms. The Morgan fingerprint density at radius 3 is 2.79 bits per heavy atom. The quantitative estimate of drug-likeness (QED) is 0.934. The van der Waals surface area contributed by atoms with Crippen LogP contribution in [0.25, 0.3) is 10.2 Å². The Morgan fingerprint density at radius 2 is 2.21 bits per heavy atom. The molecule has 0 radical (unpaired) electrons. The molecule has 0 fully saturated rings. The van der Waals surface area contributed by atoms with E-state index in [4.69, 9.17) is 5.11 Å². The van der Waals surface area contributed by atoms with Gasteiger partial charge in [-0.1, -0.05) is 13.8 Å². The third kappa shape index (κ3) is 2.53. The van der Waals surface area contributed by atoms with E-state index in [-0.39, 0.29) is 16.5 Å². The zero-order valence-corrected chi connectivity index (χ0v) is 12.0. The van der Waals surface area contributed by atoms with E-state index in [2.05, 4.69) is 18.8 Å². The molecule has 5 nitrogen and oxygen atoms in total. The van der Waals surface area contributed by atoms with Crippen molar-refractivity contribution >= 4 is 27.5 Å². The van der Waals surface area contributed by atoms with Crippen molar-refractivity contribution in [3.8, 4) is 0 Å². The molecule has 0 aliphatic rings. The lowest BCUT2D eigenvalue weighted by molar-refractivity contribution is 0.0699. The van der Waals surface area contributed by atoms with Crippen molar-refractivity contribution < 1.29 is 9.90 Å². The fourth-order valence-electron chi connectivity index (χ4n) is 1.93. The molecule has 2 heterocycles. The molecule has 2 rings (SSSR count). The van der Waals surface area contributed by atoms with Crippen LogP contribution < -0.4 is 5.56 Å². The number of thiophene rings is 1. The van der Waals surface area contributed by atoms with E-state index in [1.165, 1.54) is 16.7 Å². The molecule has 0 amide bonds. The van der Waals surface area contributed by atoms with Crippen LogP contribution in [-0.2, 0) is 6.54 Å². The molecule has 0 aliphatic heterocycles. The van der Waals surface area contributed by atoms with Crippen LogP contribution in [0.1, 0.15) is 36.5 Å². The molecule has 0 saturated heterocycles. The summed E-state index contributed by atoms with van der Waals surface area (Å²) in [5.74, 6) is 0.0322. The average Bonchev–Trinajstić information content (AvgIpc) is 2.72. The monoisotopic (exact) mass is 280 g/mol. The highest BCUT2D eigenvalue weighted by atomic mass is 32.1. The van der Waals surface area contributed by atoms with Gasteiger partial charge in [0.25, 0.3) is 5.56 Å². The van der Waals surface area contributed by atoms with Crippen molar-refractivity contribution in [3.63, 3.8) is 0 Å². The molecular weight excluding hydrogens is 264 g/mol. The van der Waals surface area contributed by atoms with E-state index in [9.17, 15) is 9.59 Å². The maximum Gasteiger partial charge on any atom is 0.337 e. The Hall–Kier alpha value is -1.69. The van der Waals surface area contributed by atoms with Gasteiger partial charge in [-0.2, -0.15) is 0 Å². The summed E-state index contributed by atoms with van der Waals surface area (Å²) in [4.78, 5) is 28.4. The summed E-state index contributed by atoms with van der Waals surface area (Å²) in [6.07, 6.45) is 0.862. The summed E-state index contributed by atoms with van der Waals surface area (Å²) >= 11 is 1.20. The van der Waals surface area contributed by atoms with Gasteiger partial charge in [0.15, 0.2) is 0 Å². The van der Waals surface area contributed by atoms with Crippen LogP contribution in [0.5, 0.6) is 0 Å². The Bertz CT molecular complexity index is 685. The first-order valence-electron chi connectivity index (χ1n) is 6.13. The number of hydrogen-bond donors (Lipinski definition) is 1. The number of hydrogen-bond acceptors (Lipinski definition) is 4. The minimum Gasteiger partial charge on any atom is -0.478 e. The average molecular weight is 280 g/mol. The first kappa shape index (κ1) is 13.7. The standard InChI is InChI=1S/C13H16N2O3S/c1-7(2)4-5-15-8(3)14-11-10(12(15)16)9(6-19-11)13(17)18/h6-7H,4-5H2,1-3H3,(H,17,18). The third-order valence-corrected chi connectivity index (χ3v) is 3.92. The van der Waals surface area contributed by atoms with Gasteiger partial charge in [-0.3, -0.25) is 9.36 Å². The Balaban J connectivity index is 2.62. The summed E-state index contributed by atoms with van der Waals surface area (Å²) in [6, 6.07) is 0. The number of aromatic nitrogens is 2. The van der Waals surface area contributed by atoms with E-state index >= 15 is 0 Å². The Labute approximate surface area is 114 Å². The SMILES string of the molecule is Cc1nc2scc(C(=O)O)c2c(=O)n1CCC(C)C. The van der Waals surface area contributed by atoms with Gasteiger partial charge in [-0.25, -0.2) is 9.78 Å². The molecule has 1 N–H and O–H groups in total. The van der Waals surface area contributed by atoms with Gasteiger partial charge in [0.2, 0.25) is 0 Å². The molecule has 0 atom stereocenters. The van der Waals surface area contributed by atoms with Crippen LogP contribution in [0.3, 0.4) is 0 Å². The van der Waals surface area contributed by atoms with Gasteiger partial charge >= 0.3 is 5.97 Å². The predicted molar refractivity (Wildman–Crippen MR) is 75.0 cm³/mol. The van der Waals surface area contributed by atoms with Crippen molar-refractivity contribution in [1.29, 1.82) is 0 Å². The normalized spacial score (nSPS) is 11.4. The van der Waals surface area contributed by atoms with Crippen LogP contribution in [0.4, 0.5) is 0 Å². The molecule has 0 unspecified atom stereocenters. The number of carboxylic acids is 1. The zero-order chi connectivity index (χ0) is 14.2. The summed E-state index contributed by atoms with van der Waals surface area (Å²) < 4.78 is 1.57. The highest BCUT2D eigenvalue weighted by Crippen LogP contribution is 2.21. The van der Waals surface area contributed by atoms with Gasteiger partial charge in [-0.05, 0) is 19.3 Å². The number of aromatic carboxylic acids is 1. The molecule has 0 bridgehead atoms. The van der Waals surface area contributed by atoms with E-state index < -0.39 is 5.97 Å². The second-order valence-electron chi connectivity index (χ2n) is 4.93. The van der Waals surface area contributed by atoms with Gasteiger partial charge < -0.3 is 5.11 Å². The first-order valence-corrected chi connectivity index (χ1v) is 7.01. The van der Waals surface area contributed by atoms with E-state index in [0.29, 0.717) is 23.1 Å². The van der Waals surface area contributed by atoms with Crippen LogP contribution in [0.2, 0.25) is 0 Å². The zero-order valence-electron chi connectivity index (χ0n) is 11.1. The van der Waals surface area contributed by atoms with Gasteiger partial charge in [-0.15, -0.1) is 11.3 Å². The van der Waals surface area contributed by atoms with Gasteiger partial charge in [0.05, 0.1) is 10.9 Å². The van der Waals surface area contributed by atoms with E-state index in [1.54, 1.807) is 11.5 Å². The summed E-state index contributed by atoms with van der Waals surface area (Å²) in [5, 5.41) is 10.8. The molecule has 2 aromatic rings. The molecule has 102 valence electrons. The maximum atomic E-state index is 12.4. The number of rotatable bonds is 4. The Kier molecular flexibility index (Phi) is 3.71. The fraction of sp³-hybridized carbons (Fsp3) is 0.462. The number of aryl methyl sites for hydroxylation is 1. The number of carboxylic acid groups (broad SMARTS) is 1. The molecule has 0 aromatic carbocycles. The van der Waals surface area contributed by atoms with Gasteiger partial charge in [0.1, 0.15) is 10.7 Å².